The minimum atomic E-state index is 0.273. The minimum Gasteiger partial charge on any atom is -0.508 e. The molecule has 0 radical (unpaired) electrons. The molecule has 16 heavy (non-hydrogen) atoms. The lowest BCUT2D eigenvalue weighted by molar-refractivity contribution is 0.183. The minimum absolute atomic E-state index is 0.273. The summed E-state index contributed by atoms with van der Waals surface area (Å²) in [6.45, 7) is 6.28. The molecule has 1 aromatic carbocycles. The number of rotatable bonds is 2. The van der Waals surface area contributed by atoms with Gasteiger partial charge in [-0.1, -0.05) is 22.0 Å². The Hall–Kier alpha value is -0.580. The number of nitrogens with one attached hydrogen (secondary N) is 1. The lowest BCUT2D eigenvalue weighted by Crippen LogP contribution is -2.44. The molecule has 1 saturated heterocycles. The van der Waals surface area contributed by atoms with Gasteiger partial charge in [0.15, 0.2) is 0 Å². The van der Waals surface area contributed by atoms with Crippen LogP contribution in [0, 0.1) is 0 Å². The van der Waals surface area contributed by atoms with Crippen molar-refractivity contribution in [1.29, 1.82) is 0 Å². The third-order valence-electron chi connectivity index (χ3n) is 3.14. The summed E-state index contributed by atoms with van der Waals surface area (Å²) in [5.74, 6) is 0.375. The van der Waals surface area contributed by atoms with Gasteiger partial charge >= 0.3 is 0 Å². The fourth-order valence-electron chi connectivity index (χ4n) is 2.14. The summed E-state index contributed by atoms with van der Waals surface area (Å²) in [4.78, 5) is 2.39. The first kappa shape index (κ1) is 11.9. The van der Waals surface area contributed by atoms with Crippen LogP contribution >= 0.6 is 15.9 Å². The number of hydrogen-bond donors (Lipinski definition) is 2. The number of piperazine rings is 1. The largest absolute Gasteiger partial charge is 0.508 e. The van der Waals surface area contributed by atoms with Crippen molar-refractivity contribution in [2.75, 3.05) is 26.2 Å². The highest BCUT2D eigenvalue weighted by atomic mass is 79.9. The first-order valence-electron chi connectivity index (χ1n) is 5.61. The van der Waals surface area contributed by atoms with Crippen LogP contribution in [0.2, 0.25) is 0 Å². The van der Waals surface area contributed by atoms with Crippen molar-refractivity contribution >= 4 is 15.9 Å². The van der Waals surface area contributed by atoms with E-state index in [9.17, 15) is 5.11 Å². The van der Waals surface area contributed by atoms with Crippen molar-refractivity contribution in [3.8, 4) is 5.75 Å². The molecule has 0 aromatic heterocycles. The van der Waals surface area contributed by atoms with Crippen LogP contribution in [0.4, 0.5) is 0 Å². The fourth-order valence-corrected chi connectivity index (χ4v) is 2.49. The highest BCUT2D eigenvalue weighted by molar-refractivity contribution is 9.10. The highest BCUT2D eigenvalue weighted by Crippen LogP contribution is 2.30. The Bertz CT molecular complexity index is 364. The average molecular weight is 285 g/mol. The number of benzene rings is 1. The molecule has 88 valence electrons. The van der Waals surface area contributed by atoms with Gasteiger partial charge in [-0.3, -0.25) is 4.90 Å². The average Bonchev–Trinajstić information content (AvgIpc) is 2.29. The molecule has 0 amide bonds. The summed E-state index contributed by atoms with van der Waals surface area (Å²) in [6, 6.07) is 6.00. The van der Waals surface area contributed by atoms with Crippen molar-refractivity contribution < 1.29 is 5.11 Å². The van der Waals surface area contributed by atoms with E-state index in [1.807, 2.05) is 12.1 Å². The Labute approximate surface area is 105 Å². The van der Waals surface area contributed by atoms with Gasteiger partial charge in [0.1, 0.15) is 5.75 Å². The molecule has 2 rings (SSSR count). The van der Waals surface area contributed by atoms with Gasteiger partial charge in [0.2, 0.25) is 0 Å². The topological polar surface area (TPSA) is 35.5 Å². The summed E-state index contributed by atoms with van der Waals surface area (Å²) in [7, 11) is 0. The van der Waals surface area contributed by atoms with Gasteiger partial charge < -0.3 is 10.4 Å². The van der Waals surface area contributed by atoms with Crippen molar-refractivity contribution in [3.05, 3.63) is 28.2 Å². The van der Waals surface area contributed by atoms with Crippen LogP contribution in [0.5, 0.6) is 5.75 Å². The van der Waals surface area contributed by atoms with Gasteiger partial charge in [-0.05, 0) is 19.1 Å². The van der Waals surface area contributed by atoms with Crippen molar-refractivity contribution in [2.24, 2.45) is 0 Å². The van der Waals surface area contributed by atoms with E-state index in [0.717, 1.165) is 36.2 Å². The van der Waals surface area contributed by atoms with E-state index in [1.165, 1.54) is 0 Å². The second-order valence-corrected chi connectivity index (χ2v) is 5.08. The van der Waals surface area contributed by atoms with Gasteiger partial charge in [-0.25, -0.2) is 0 Å². The molecule has 1 aromatic rings. The Morgan fingerprint density at radius 1 is 1.38 bits per heavy atom. The molecule has 0 saturated carbocycles. The zero-order chi connectivity index (χ0) is 11.5. The van der Waals surface area contributed by atoms with Crippen LogP contribution in [0.1, 0.15) is 18.5 Å². The normalized spacial score (nSPS) is 19.6. The third-order valence-corrected chi connectivity index (χ3v) is 3.64. The Morgan fingerprint density at radius 3 is 2.69 bits per heavy atom. The lowest BCUT2D eigenvalue weighted by atomic mass is 10.1. The fraction of sp³-hybridized carbons (Fsp3) is 0.500. The predicted molar refractivity (Wildman–Crippen MR) is 68.7 cm³/mol. The van der Waals surface area contributed by atoms with Gasteiger partial charge in [0, 0.05) is 42.3 Å². The molecule has 0 aliphatic carbocycles. The molecule has 2 N–H and O–H groups in total. The smallest absolute Gasteiger partial charge is 0.121 e. The van der Waals surface area contributed by atoms with Crippen LogP contribution in [0.15, 0.2) is 22.7 Å². The predicted octanol–water partition coefficient (Wildman–Crippen LogP) is 2.12. The van der Waals surface area contributed by atoms with Crippen LogP contribution in [-0.2, 0) is 0 Å². The molecular formula is C12H17BrN2O. The van der Waals surface area contributed by atoms with Gasteiger partial charge in [0.05, 0.1) is 0 Å². The molecule has 4 heteroatoms. The van der Waals surface area contributed by atoms with Crippen molar-refractivity contribution in [3.63, 3.8) is 0 Å². The summed E-state index contributed by atoms with van der Waals surface area (Å²) in [6.07, 6.45) is 0. The molecule has 1 aliphatic heterocycles. The van der Waals surface area contributed by atoms with E-state index >= 15 is 0 Å². The van der Waals surface area contributed by atoms with Crippen molar-refractivity contribution in [1.82, 2.24) is 10.2 Å². The van der Waals surface area contributed by atoms with Crippen LogP contribution in [-0.4, -0.2) is 36.2 Å². The van der Waals surface area contributed by atoms with Crippen LogP contribution in [0.25, 0.3) is 0 Å². The molecule has 1 fully saturated rings. The molecule has 3 nitrogen and oxygen atoms in total. The zero-order valence-corrected chi connectivity index (χ0v) is 11.0. The van der Waals surface area contributed by atoms with Crippen LogP contribution in [0.3, 0.4) is 0 Å². The quantitative estimate of drug-likeness (QED) is 0.873. The number of halogens is 1. The standard InChI is InChI=1S/C12H17BrN2O/c1-9(15-6-4-14-5-7-15)11-3-2-10(13)8-12(11)16/h2-3,8-9,14,16H,4-7H2,1H3/t9-/m1/s1. The maximum Gasteiger partial charge on any atom is 0.121 e. The Morgan fingerprint density at radius 2 is 2.06 bits per heavy atom. The lowest BCUT2D eigenvalue weighted by Gasteiger charge is -2.33. The first-order valence-corrected chi connectivity index (χ1v) is 6.41. The van der Waals surface area contributed by atoms with E-state index in [1.54, 1.807) is 6.07 Å². The Balaban J connectivity index is 2.15. The monoisotopic (exact) mass is 284 g/mol. The summed E-state index contributed by atoms with van der Waals surface area (Å²) in [5.41, 5.74) is 1.00. The van der Waals surface area contributed by atoms with Crippen LogP contribution < -0.4 is 5.32 Å². The van der Waals surface area contributed by atoms with Gasteiger partial charge in [-0.15, -0.1) is 0 Å². The third kappa shape index (κ3) is 2.56. The Kier molecular flexibility index (Phi) is 3.84. The molecular weight excluding hydrogens is 268 g/mol. The number of hydrogen-bond acceptors (Lipinski definition) is 3. The van der Waals surface area contributed by atoms with E-state index in [-0.39, 0.29) is 6.04 Å². The molecule has 0 bridgehead atoms. The second kappa shape index (κ2) is 5.17. The number of nitrogens with zero attached hydrogens (tertiary/aromatic N) is 1. The maximum absolute atomic E-state index is 9.92. The number of aromatic hydroxyl groups is 1. The first-order chi connectivity index (χ1) is 7.68. The SMILES string of the molecule is C[C@H](c1ccc(Br)cc1O)N1CCNCC1. The van der Waals surface area contributed by atoms with Gasteiger partial charge in [-0.2, -0.15) is 0 Å². The van der Waals surface area contributed by atoms with E-state index in [4.69, 9.17) is 0 Å². The maximum atomic E-state index is 9.92. The summed E-state index contributed by atoms with van der Waals surface area (Å²) in [5, 5.41) is 13.3. The van der Waals surface area contributed by atoms with E-state index in [2.05, 4.69) is 33.1 Å². The van der Waals surface area contributed by atoms with Crippen molar-refractivity contribution in [2.45, 2.75) is 13.0 Å². The molecule has 0 spiro atoms. The highest BCUT2D eigenvalue weighted by Gasteiger charge is 2.20. The molecule has 0 unspecified atom stereocenters. The zero-order valence-electron chi connectivity index (χ0n) is 9.41. The molecule has 1 heterocycles. The molecule has 1 atom stereocenters. The second-order valence-electron chi connectivity index (χ2n) is 4.17. The number of phenolic OH excluding ortho intramolecular Hbond substituents is 1. The number of phenols is 1. The molecule has 1 aliphatic rings. The summed E-state index contributed by atoms with van der Waals surface area (Å²) >= 11 is 3.36. The van der Waals surface area contributed by atoms with Gasteiger partial charge in [0.25, 0.3) is 0 Å². The van der Waals surface area contributed by atoms with E-state index < -0.39 is 0 Å². The summed E-state index contributed by atoms with van der Waals surface area (Å²) < 4.78 is 0.918. The van der Waals surface area contributed by atoms with E-state index in [0.29, 0.717) is 5.75 Å².